The van der Waals surface area contributed by atoms with Gasteiger partial charge in [-0.15, -0.1) is 0 Å². The van der Waals surface area contributed by atoms with Gasteiger partial charge in [0.15, 0.2) is 0 Å². The fourth-order valence-corrected chi connectivity index (χ4v) is 4.45. The number of carbonyl (C=O) groups excluding carboxylic acids is 1. The van der Waals surface area contributed by atoms with Gasteiger partial charge in [0.05, 0.1) is 17.5 Å². The highest BCUT2D eigenvalue weighted by atomic mass is 32.2. The Labute approximate surface area is 155 Å². The van der Waals surface area contributed by atoms with E-state index in [1.165, 1.54) is 12.6 Å². The minimum absolute atomic E-state index is 0.0528. The fourth-order valence-electron chi connectivity index (χ4n) is 3.32. The van der Waals surface area contributed by atoms with Crippen LogP contribution >= 0.6 is 0 Å². The normalized spacial score (nSPS) is 17.0. The third kappa shape index (κ3) is 3.97. The summed E-state index contributed by atoms with van der Waals surface area (Å²) in [6, 6.07) is 14.7. The Bertz CT molecular complexity index is 892. The van der Waals surface area contributed by atoms with Gasteiger partial charge in [-0.1, -0.05) is 42.0 Å². The lowest BCUT2D eigenvalue weighted by Gasteiger charge is -2.27. The van der Waals surface area contributed by atoms with Crippen LogP contribution in [0.15, 0.2) is 53.4 Å². The van der Waals surface area contributed by atoms with Crippen LogP contribution in [0.2, 0.25) is 0 Å². The van der Waals surface area contributed by atoms with Crippen LogP contribution in [-0.2, 0) is 21.2 Å². The first kappa shape index (κ1) is 18.6. The van der Waals surface area contributed by atoms with Crippen LogP contribution in [0, 0.1) is 6.92 Å². The Morgan fingerprint density at radius 2 is 1.85 bits per heavy atom. The average molecular weight is 372 g/mol. The summed E-state index contributed by atoms with van der Waals surface area (Å²) in [5, 5.41) is 2.99. The number of hydrogen-bond donors (Lipinski definition) is 1. The van der Waals surface area contributed by atoms with Gasteiger partial charge in [-0.05, 0) is 49.4 Å². The van der Waals surface area contributed by atoms with Crippen molar-refractivity contribution in [2.75, 3.05) is 13.6 Å². The molecule has 0 saturated carbocycles. The van der Waals surface area contributed by atoms with E-state index in [2.05, 4.69) is 11.4 Å². The van der Waals surface area contributed by atoms with Crippen LogP contribution in [0.3, 0.4) is 0 Å². The minimum atomic E-state index is -3.68. The number of likely N-dealkylation sites (N-methyl/N-ethyl adjacent to an activating group) is 1. The van der Waals surface area contributed by atoms with E-state index in [0.29, 0.717) is 0 Å². The van der Waals surface area contributed by atoms with Crippen LogP contribution in [0.4, 0.5) is 0 Å². The highest BCUT2D eigenvalue weighted by molar-refractivity contribution is 7.89. The molecule has 0 saturated heterocycles. The number of rotatable bonds is 5. The predicted octanol–water partition coefficient (Wildman–Crippen LogP) is 2.81. The highest BCUT2D eigenvalue weighted by Gasteiger charge is 2.25. The zero-order valence-electron chi connectivity index (χ0n) is 15.1. The third-order valence-electron chi connectivity index (χ3n) is 4.80. The largest absolute Gasteiger partial charge is 0.348 e. The second kappa shape index (κ2) is 7.60. The lowest BCUT2D eigenvalue weighted by Crippen LogP contribution is -2.40. The summed E-state index contributed by atoms with van der Waals surface area (Å²) in [5.41, 5.74) is 3.38. The lowest BCUT2D eigenvalue weighted by atomic mass is 9.88. The number of carbonyl (C=O) groups is 1. The molecule has 5 nitrogen and oxygen atoms in total. The monoisotopic (exact) mass is 372 g/mol. The van der Waals surface area contributed by atoms with E-state index in [4.69, 9.17) is 0 Å². The molecule has 0 spiro atoms. The smallest absolute Gasteiger partial charge is 0.243 e. The minimum Gasteiger partial charge on any atom is -0.348 e. The molecule has 2 aromatic rings. The summed E-state index contributed by atoms with van der Waals surface area (Å²) >= 11 is 0. The van der Waals surface area contributed by atoms with Crippen LogP contribution in [0.5, 0.6) is 0 Å². The van der Waals surface area contributed by atoms with Crippen molar-refractivity contribution in [3.05, 3.63) is 65.2 Å². The first-order valence-corrected chi connectivity index (χ1v) is 10.2. The van der Waals surface area contributed by atoms with Crippen molar-refractivity contribution < 1.29 is 13.2 Å². The molecule has 1 aliphatic carbocycles. The number of benzene rings is 2. The van der Waals surface area contributed by atoms with E-state index in [0.717, 1.165) is 34.7 Å². The number of amides is 1. The lowest BCUT2D eigenvalue weighted by molar-refractivity contribution is -0.122. The fraction of sp³-hybridized carbons (Fsp3) is 0.350. The van der Waals surface area contributed by atoms with Gasteiger partial charge in [0.1, 0.15) is 0 Å². The molecule has 0 aliphatic heterocycles. The molecule has 0 bridgehead atoms. The molecular weight excluding hydrogens is 348 g/mol. The van der Waals surface area contributed by atoms with E-state index >= 15 is 0 Å². The molecule has 6 heteroatoms. The Hall–Kier alpha value is -2.18. The van der Waals surface area contributed by atoms with Gasteiger partial charge in [-0.3, -0.25) is 4.79 Å². The Kier molecular flexibility index (Phi) is 5.44. The average Bonchev–Trinajstić information content (AvgIpc) is 2.62. The van der Waals surface area contributed by atoms with E-state index in [9.17, 15) is 13.2 Å². The summed E-state index contributed by atoms with van der Waals surface area (Å²) in [5.74, 6) is -0.287. The molecule has 1 N–H and O–H groups in total. The maximum atomic E-state index is 12.6. The number of nitrogens with one attached hydrogen (secondary N) is 1. The van der Waals surface area contributed by atoms with Crippen LogP contribution < -0.4 is 5.32 Å². The molecule has 1 amide bonds. The maximum absolute atomic E-state index is 12.6. The first-order valence-electron chi connectivity index (χ1n) is 8.78. The van der Waals surface area contributed by atoms with Crippen molar-refractivity contribution in [1.82, 2.24) is 9.62 Å². The van der Waals surface area contributed by atoms with Gasteiger partial charge >= 0.3 is 0 Å². The summed E-state index contributed by atoms with van der Waals surface area (Å²) < 4.78 is 26.3. The topological polar surface area (TPSA) is 66.5 Å². The van der Waals surface area contributed by atoms with Crippen molar-refractivity contribution >= 4 is 15.9 Å². The predicted molar refractivity (Wildman–Crippen MR) is 101 cm³/mol. The van der Waals surface area contributed by atoms with Crippen LogP contribution in [0.1, 0.15) is 35.6 Å². The SMILES string of the molecule is Cc1ccc(S(=O)(=O)N(C)CC(=O)N[C@H]2CCCc3ccccc32)cc1. The number of sulfonamides is 1. The van der Waals surface area contributed by atoms with Gasteiger partial charge in [0.2, 0.25) is 15.9 Å². The Morgan fingerprint density at radius 1 is 1.15 bits per heavy atom. The van der Waals surface area contributed by atoms with Crippen LogP contribution in [0.25, 0.3) is 0 Å². The van der Waals surface area contributed by atoms with E-state index in [1.807, 2.05) is 25.1 Å². The van der Waals surface area contributed by atoms with Gasteiger partial charge < -0.3 is 5.32 Å². The standard InChI is InChI=1S/C20H24N2O3S/c1-15-10-12-17(13-11-15)26(24,25)22(2)14-20(23)21-19-9-5-7-16-6-3-4-8-18(16)19/h3-4,6,8,10-13,19H,5,7,9,14H2,1-2H3,(H,21,23)/t19-/m0/s1. The molecule has 138 valence electrons. The Balaban J connectivity index is 1.67. The zero-order valence-corrected chi connectivity index (χ0v) is 15.9. The van der Waals surface area contributed by atoms with Crippen LogP contribution in [-0.4, -0.2) is 32.2 Å². The molecule has 0 fully saturated rings. The Morgan fingerprint density at radius 3 is 2.58 bits per heavy atom. The molecule has 3 rings (SSSR count). The third-order valence-corrected chi connectivity index (χ3v) is 6.62. The van der Waals surface area contributed by atoms with E-state index < -0.39 is 10.0 Å². The molecule has 1 atom stereocenters. The molecule has 2 aromatic carbocycles. The van der Waals surface area contributed by atoms with Crippen molar-refractivity contribution in [3.63, 3.8) is 0 Å². The van der Waals surface area contributed by atoms with Crippen molar-refractivity contribution in [1.29, 1.82) is 0 Å². The van der Waals surface area contributed by atoms with Crippen molar-refractivity contribution in [2.24, 2.45) is 0 Å². The number of hydrogen-bond acceptors (Lipinski definition) is 3. The van der Waals surface area contributed by atoms with E-state index in [-0.39, 0.29) is 23.4 Å². The van der Waals surface area contributed by atoms with E-state index in [1.54, 1.807) is 24.3 Å². The number of aryl methyl sites for hydroxylation is 2. The first-order chi connectivity index (χ1) is 12.4. The molecule has 0 heterocycles. The molecule has 26 heavy (non-hydrogen) atoms. The zero-order chi connectivity index (χ0) is 18.7. The summed E-state index contributed by atoms with van der Waals surface area (Å²) in [4.78, 5) is 12.6. The molecule has 0 radical (unpaired) electrons. The van der Waals surface area contributed by atoms with Crippen molar-refractivity contribution in [3.8, 4) is 0 Å². The molecule has 0 aromatic heterocycles. The quantitative estimate of drug-likeness (QED) is 0.878. The molecule has 1 aliphatic rings. The number of nitrogens with zero attached hydrogens (tertiary/aromatic N) is 1. The van der Waals surface area contributed by atoms with Gasteiger partial charge in [-0.25, -0.2) is 8.42 Å². The summed E-state index contributed by atoms with van der Waals surface area (Å²) in [6.45, 7) is 1.70. The van der Waals surface area contributed by atoms with Crippen molar-refractivity contribution in [2.45, 2.75) is 37.1 Å². The number of fused-ring (bicyclic) bond motifs is 1. The maximum Gasteiger partial charge on any atom is 0.243 e. The second-order valence-corrected chi connectivity index (χ2v) is 8.83. The summed E-state index contributed by atoms with van der Waals surface area (Å²) in [7, 11) is -2.25. The highest BCUT2D eigenvalue weighted by Crippen LogP contribution is 2.29. The van der Waals surface area contributed by atoms with Gasteiger partial charge in [0.25, 0.3) is 0 Å². The van der Waals surface area contributed by atoms with Gasteiger partial charge in [0, 0.05) is 7.05 Å². The summed E-state index contributed by atoms with van der Waals surface area (Å²) in [6.07, 6.45) is 2.90. The molecular formula is C20H24N2O3S. The second-order valence-electron chi connectivity index (χ2n) is 6.79. The van der Waals surface area contributed by atoms with Gasteiger partial charge in [-0.2, -0.15) is 4.31 Å². The molecule has 0 unspecified atom stereocenters.